The van der Waals surface area contributed by atoms with Crippen LogP contribution in [0.1, 0.15) is 46.5 Å². The molecule has 0 aliphatic carbocycles. The van der Waals surface area contributed by atoms with E-state index in [9.17, 15) is 4.79 Å². The van der Waals surface area contributed by atoms with Crippen molar-refractivity contribution in [1.29, 1.82) is 0 Å². The number of piperidine rings is 1. The Morgan fingerprint density at radius 2 is 2.12 bits per heavy atom. The third-order valence-electron chi connectivity index (χ3n) is 3.95. The highest BCUT2D eigenvalue weighted by Gasteiger charge is 2.28. The molecule has 3 unspecified atom stereocenters. The first kappa shape index (κ1) is 16.7. The summed E-state index contributed by atoms with van der Waals surface area (Å²) >= 11 is 0. The predicted molar refractivity (Wildman–Crippen MR) is 74.3 cm³/mol. The van der Waals surface area contributed by atoms with Crippen molar-refractivity contribution in [2.75, 3.05) is 13.1 Å². The molecule has 1 saturated heterocycles. The Balaban J connectivity index is 0.00000256. The van der Waals surface area contributed by atoms with Crippen LogP contribution in [0.2, 0.25) is 0 Å². The van der Waals surface area contributed by atoms with Crippen LogP contribution in [0.5, 0.6) is 0 Å². The molecule has 1 aliphatic rings. The van der Waals surface area contributed by atoms with Gasteiger partial charge in [-0.05, 0) is 24.7 Å². The number of carbonyl (C=O) groups excluding carboxylic acids is 1. The van der Waals surface area contributed by atoms with E-state index in [4.69, 9.17) is 5.73 Å². The summed E-state index contributed by atoms with van der Waals surface area (Å²) in [5, 5.41) is 0. The third kappa shape index (κ3) is 4.47. The molecule has 3 nitrogen and oxygen atoms in total. The van der Waals surface area contributed by atoms with Gasteiger partial charge in [-0.1, -0.05) is 33.6 Å². The van der Waals surface area contributed by atoms with Crippen LogP contribution >= 0.6 is 12.4 Å². The summed E-state index contributed by atoms with van der Waals surface area (Å²) in [5.41, 5.74) is 6.00. The summed E-state index contributed by atoms with van der Waals surface area (Å²) in [5.74, 6) is 1.13. The van der Waals surface area contributed by atoms with Crippen LogP contribution in [0.4, 0.5) is 0 Å². The first-order chi connectivity index (χ1) is 7.60. The molecular formula is C13H27ClN2O. The topological polar surface area (TPSA) is 46.3 Å². The van der Waals surface area contributed by atoms with Crippen molar-refractivity contribution in [3.63, 3.8) is 0 Å². The van der Waals surface area contributed by atoms with E-state index in [1.54, 1.807) is 0 Å². The minimum atomic E-state index is -0.305. The summed E-state index contributed by atoms with van der Waals surface area (Å²) in [6, 6.07) is -0.305. The zero-order chi connectivity index (χ0) is 12.1. The highest BCUT2D eigenvalue weighted by atomic mass is 35.5. The van der Waals surface area contributed by atoms with Crippen molar-refractivity contribution in [3.8, 4) is 0 Å². The molecule has 0 aromatic heterocycles. The Bertz CT molecular complexity index is 235. The molecule has 0 aromatic rings. The molecule has 1 aliphatic heterocycles. The summed E-state index contributed by atoms with van der Waals surface area (Å²) < 4.78 is 0. The number of amides is 1. The number of nitrogens with zero attached hydrogens (tertiary/aromatic N) is 1. The normalized spacial score (nSPS) is 23.8. The van der Waals surface area contributed by atoms with Gasteiger partial charge in [0.05, 0.1) is 6.04 Å². The average Bonchev–Trinajstić information content (AvgIpc) is 2.36. The van der Waals surface area contributed by atoms with E-state index in [-0.39, 0.29) is 30.3 Å². The molecule has 1 heterocycles. The van der Waals surface area contributed by atoms with E-state index < -0.39 is 0 Å². The largest absolute Gasteiger partial charge is 0.341 e. The van der Waals surface area contributed by atoms with Gasteiger partial charge in [0.2, 0.25) is 5.91 Å². The number of likely N-dealkylation sites (tertiary alicyclic amines) is 1. The fourth-order valence-corrected chi connectivity index (χ4v) is 2.31. The number of nitrogens with two attached hydrogens (primary N) is 1. The molecule has 102 valence electrons. The zero-order valence-corrected chi connectivity index (χ0v) is 12.1. The van der Waals surface area contributed by atoms with Crippen molar-refractivity contribution in [2.24, 2.45) is 17.6 Å². The van der Waals surface area contributed by atoms with Crippen LogP contribution < -0.4 is 5.73 Å². The minimum absolute atomic E-state index is 0. The second-order valence-corrected chi connectivity index (χ2v) is 5.11. The van der Waals surface area contributed by atoms with Gasteiger partial charge in [-0.15, -0.1) is 12.4 Å². The van der Waals surface area contributed by atoms with Crippen LogP contribution in [0.15, 0.2) is 0 Å². The van der Waals surface area contributed by atoms with E-state index in [1.165, 1.54) is 12.8 Å². The lowest BCUT2D eigenvalue weighted by Gasteiger charge is -2.35. The predicted octanol–water partition coefficient (Wildman–Crippen LogP) is 2.43. The quantitative estimate of drug-likeness (QED) is 0.846. The molecule has 17 heavy (non-hydrogen) atoms. The molecule has 1 rings (SSSR count). The first-order valence-corrected chi connectivity index (χ1v) is 6.64. The molecular weight excluding hydrogens is 236 g/mol. The standard InChI is InChI=1S/C13H26N2O.ClH/c1-4-10(3)12(14)13(16)15-8-6-7-11(5-2)9-15;/h10-12H,4-9,14H2,1-3H3;1H. The SMILES string of the molecule is CCC1CCCN(C(=O)C(N)C(C)CC)C1.Cl. The average molecular weight is 263 g/mol. The summed E-state index contributed by atoms with van der Waals surface area (Å²) in [7, 11) is 0. The molecule has 1 amide bonds. The van der Waals surface area contributed by atoms with Gasteiger partial charge in [-0.3, -0.25) is 4.79 Å². The highest BCUT2D eigenvalue weighted by Crippen LogP contribution is 2.20. The van der Waals surface area contributed by atoms with Gasteiger partial charge in [0.25, 0.3) is 0 Å². The second-order valence-electron chi connectivity index (χ2n) is 5.11. The van der Waals surface area contributed by atoms with E-state index in [0.717, 1.165) is 25.9 Å². The molecule has 0 spiro atoms. The van der Waals surface area contributed by atoms with Crippen LogP contribution in [-0.2, 0) is 4.79 Å². The molecule has 4 heteroatoms. The maximum absolute atomic E-state index is 12.2. The van der Waals surface area contributed by atoms with Gasteiger partial charge in [-0.2, -0.15) is 0 Å². The minimum Gasteiger partial charge on any atom is -0.341 e. The number of hydrogen-bond donors (Lipinski definition) is 1. The first-order valence-electron chi connectivity index (χ1n) is 6.64. The molecule has 0 bridgehead atoms. The number of hydrogen-bond acceptors (Lipinski definition) is 2. The lowest BCUT2D eigenvalue weighted by molar-refractivity contribution is -0.135. The molecule has 2 N–H and O–H groups in total. The van der Waals surface area contributed by atoms with Crippen molar-refractivity contribution < 1.29 is 4.79 Å². The fraction of sp³-hybridized carbons (Fsp3) is 0.923. The second kappa shape index (κ2) is 7.93. The Labute approximate surface area is 112 Å². The fourth-order valence-electron chi connectivity index (χ4n) is 2.31. The Kier molecular flexibility index (Phi) is 7.80. The monoisotopic (exact) mass is 262 g/mol. The highest BCUT2D eigenvalue weighted by molar-refractivity contribution is 5.85. The number of halogens is 1. The maximum Gasteiger partial charge on any atom is 0.239 e. The van der Waals surface area contributed by atoms with Crippen LogP contribution in [0, 0.1) is 11.8 Å². The van der Waals surface area contributed by atoms with Crippen LogP contribution in [-0.4, -0.2) is 29.9 Å². The van der Waals surface area contributed by atoms with Gasteiger partial charge >= 0.3 is 0 Å². The van der Waals surface area contributed by atoms with Crippen molar-refractivity contribution in [1.82, 2.24) is 4.90 Å². The van der Waals surface area contributed by atoms with Crippen molar-refractivity contribution >= 4 is 18.3 Å². The van der Waals surface area contributed by atoms with Crippen LogP contribution in [0.25, 0.3) is 0 Å². The van der Waals surface area contributed by atoms with Gasteiger partial charge in [0.1, 0.15) is 0 Å². The van der Waals surface area contributed by atoms with E-state index in [1.807, 2.05) is 4.90 Å². The molecule has 3 atom stereocenters. The molecule has 0 radical (unpaired) electrons. The molecule has 0 saturated carbocycles. The third-order valence-corrected chi connectivity index (χ3v) is 3.95. The number of rotatable bonds is 4. The van der Waals surface area contributed by atoms with Gasteiger partial charge in [-0.25, -0.2) is 0 Å². The maximum atomic E-state index is 12.2. The molecule has 0 aromatic carbocycles. The van der Waals surface area contributed by atoms with E-state index >= 15 is 0 Å². The Hall–Kier alpha value is -0.280. The van der Waals surface area contributed by atoms with Gasteiger partial charge in [0, 0.05) is 13.1 Å². The summed E-state index contributed by atoms with van der Waals surface area (Å²) in [6.07, 6.45) is 4.54. The smallest absolute Gasteiger partial charge is 0.239 e. The van der Waals surface area contributed by atoms with E-state index in [0.29, 0.717) is 5.92 Å². The lowest BCUT2D eigenvalue weighted by atomic mass is 9.93. The number of carbonyl (C=O) groups is 1. The van der Waals surface area contributed by atoms with Gasteiger partial charge in [0.15, 0.2) is 0 Å². The van der Waals surface area contributed by atoms with Gasteiger partial charge < -0.3 is 10.6 Å². The molecule has 1 fully saturated rings. The van der Waals surface area contributed by atoms with Crippen molar-refractivity contribution in [2.45, 2.75) is 52.5 Å². The summed E-state index contributed by atoms with van der Waals surface area (Å²) in [4.78, 5) is 14.1. The lowest BCUT2D eigenvalue weighted by Crippen LogP contribution is -2.50. The van der Waals surface area contributed by atoms with E-state index in [2.05, 4.69) is 20.8 Å². The Morgan fingerprint density at radius 1 is 1.47 bits per heavy atom. The Morgan fingerprint density at radius 3 is 2.65 bits per heavy atom. The zero-order valence-electron chi connectivity index (χ0n) is 11.3. The van der Waals surface area contributed by atoms with Crippen molar-refractivity contribution in [3.05, 3.63) is 0 Å². The summed E-state index contributed by atoms with van der Waals surface area (Å²) in [6.45, 7) is 8.17. The van der Waals surface area contributed by atoms with Crippen LogP contribution in [0.3, 0.4) is 0 Å².